The van der Waals surface area contributed by atoms with E-state index in [1.54, 1.807) is 0 Å². The molecule has 0 aliphatic carbocycles. The molecular formula is C17H23NO2. The third-order valence-electron chi connectivity index (χ3n) is 3.95. The second-order valence-corrected chi connectivity index (χ2v) is 5.46. The smallest absolute Gasteiger partial charge is 0.312 e. The zero-order valence-corrected chi connectivity index (χ0v) is 11.9. The predicted octanol–water partition coefficient (Wildman–Crippen LogP) is 3.42. The standard InChI is InChI=1S/C17H23NO2/c1-2-3-4-5-8-11-18-12-14-9-6-7-10-15(14)16(13-18)17(19)20/h2,6-7,9-10,16H,1,3-5,8,11-13H2,(H,19,20). The molecule has 1 aromatic carbocycles. The number of fused-ring (bicyclic) bond motifs is 1. The van der Waals surface area contributed by atoms with E-state index in [-0.39, 0.29) is 5.92 Å². The van der Waals surface area contributed by atoms with Gasteiger partial charge in [0.25, 0.3) is 0 Å². The predicted molar refractivity (Wildman–Crippen MR) is 80.8 cm³/mol. The van der Waals surface area contributed by atoms with Crippen LogP contribution in [0.4, 0.5) is 0 Å². The molecule has 0 amide bonds. The number of hydrogen-bond donors (Lipinski definition) is 1. The number of nitrogens with zero attached hydrogens (tertiary/aromatic N) is 1. The van der Waals surface area contributed by atoms with Crippen LogP contribution in [0.3, 0.4) is 0 Å². The second-order valence-electron chi connectivity index (χ2n) is 5.46. The minimum absolute atomic E-state index is 0.381. The quantitative estimate of drug-likeness (QED) is 0.611. The van der Waals surface area contributed by atoms with Crippen molar-refractivity contribution in [3.63, 3.8) is 0 Å². The van der Waals surface area contributed by atoms with E-state index in [0.29, 0.717) is 6.54 Å². The average Bonchev–Trinajstić information content (AvgIpc) is 2.46. The van der Waals surface area contributed by atoms with Gasteiger partial charge in [0.2, 0.25) is 0 Å². The van der Waals surface area contributed by atoms with E-state index in [4.69, 9.17) is 0 Å². The number of rotatable bonds is 7. The molecule has 0 spiro atoms. The number of unbranched alkanes of at least 4 members (excludes halogenated alkanes) is 3. The van der Waals surface area contributed by atoms with Gasteiger partial charge >= 0.3 is 5.97 Å². The summed E-state index contributed by atoms with van der Waals surface area (Å²) < 4.78 is 0. The van der Waals surface area contributed by atoms with Crippen molar-refractivity contribution >= 4 is 5.97 Å². The summed E-state index contributed by atoms with van der Waals surface area (Å²) in [4.78, 5) is 13.7. The van der Waals surface area contributed by atoms with Crippen LogP contribution in [0.1, 0.15) is 42.7 Å². The molecule has 3 nitrogen and oxygen atoms in total. The molecular weight excluding hydrogens is 250 g/mol. The average molecular weight is 273 g/mol. The molecule has 2 rings (SSSR count). The fourth-order valence-electron chi connectivity index (χ4n) is 2.86. The van der Waals surface area contributed by atoms with Crippen LogP contribution in [-0.4, -0.2) is 29.1 Å². The van der Waals surface area contributed by atoms with Gasteiger partial charge in [-0.3, -0.25) is 9.69 Å². The summed E-state index contributed by atoms with van der Waals surface area (Å²) in [6, 6.07) is 7.93. The molecule has 20 heavy (non-hydrogen) atoms. The summed E-state index contributed by atoms with van der Waals surface area (Å²) in [5, 5.41) is 9.41. The lowest BCUT2D eigenvalue weighted by Crippen LogP contribution is -2.37. The van der Waals surface area contributed by atoms with Gasteiger partial charge in [-0.15, -0.1) is 6.58 Å². The summed E-state index contributed by atoms with van der Waals surface area (Å²) >= 11 is 0. The molecule has 1 aliphatic heterocycles. The van der Waals surface area contributed by atoms with Gasteiger partial charge in [-0.1, -0.05) is 36.8 Å². The number of carboxylic acids is 1. The molecule has 0 fully saturated rings. The van der Waals surface area contributed by atoms with Crippen LogP contribution >= 0.6 is 0 Å². The van der Waals surface area contributed by atoms with Crippen molar-refractivity contribution in [2.24, 2.45) is 0 Å². The summed E-state index contributed by atoms with van der Waals surface area (Å²) in [6.45, 7) is 6.22. The maximum Gasteiger partial charge on any atom is 0.312 e. The topological polar surface area (TPSA) is 40.5 Å². The number of hydrogen-bond acceptors (Lipinski definition) is 2. The zero-order valence-electron chi connectivity index (χ0n) is 11.9. The highest BCUT2D eigenvalue weighted by Crippen LogP contribution is 2.28. The van der Waals surface area contributed by atoms with Crippen LogP contribution in [-0.2, 0) is 11.3 Å². The van der Waals surface area contributed by atoms with Crippen molar-refractivity contribution < 1.29 is 9.90 Å². The molecule has 0 aromatic heterocycles. The first-order chi connectivity index (χ1) is 9.72. The first kappa shape index (κ1) is 14.8. The fourth-order valence-corrected chi connectivity index (χ4v) is 2.86. The Balaban J connectivity index is 1.94. The van der Waals surface area contributed by atoms with Gasteiger partial charge in [0.05, 0.1) is 5.92 Å². The molecule has 1 atom stereocenters. The van der Waals surface area contributed by atoms with Gasteiger partial charge in [0.15, 0.2) is 0 Å². The number of carbonyl (C=O) groups is 1. The van der Waals surface area contributed by atoms with Gasteiger partial charge < -0.3 is 5.11 Å². The normalized spacial score (nSPS) is 18.5. The molecule has 3 heteroatoms. The lowest BCUT2D eigenvalue weighted by atomic mass is 9.89. The summed E-state index contributed by atoms with van der Waals surface area (Å²) in [5.41, 5.74) is 2.15. The minimum Gasteiger partial charge on any atom is -0.481 e. The first-order valence-corrected chi connectivity index (χ1v) is 7.36. The van der Waals surface area contributed by atoms with E-state index in [0.717, 1.165) is 37.1 Å². The van der Waals surface area contributed by atoms with E-state index in [2.05, 4.69) is 17.5 Å². The number of benzene rings is 1. The van der Waals surface area contributed by atoms with Crippen LogP contribution in [0, 0.1) is 0 Å². The molecule has 1 heterocycles. The fraction of sp³-hybridized carbons (Fsp3) is 0.471. The monoisotopic (exact) mass is 273 g/mol. The van der Waals surface area contributed by atoms with Crippen molar-refractivity contribution in [1.29, 1.82) is 0 Å². The Morgan fingerprint density at radius 2 is 2.15 bits per heavy atom. The zero-order chi connectivity index (χ0) is 14.4. The highest BCUT2D eigenvalue weighted by molar-refractivity contribution is 5.77. The molecule has 1 N–H and O–H groups in total. The number of aliphatic carboxylic acids is 1. The van der Waals surface area contributed by atoms with E-state index in [1.807, 2.05) is 24.3 Å². The SMILES string of the molecule is C=CCCCCCN1Cc2ccccc2C(C(=O)O)C1. The Hall–Kier alpha value is -1.61. The van der Waals surface area contributed by atoms with E-state index < -0.39 is 5.97 Å². The van der Waals surface area contributed by atoms with Crippen molar-refractivity contribution in [2.45, 2.75) is 38.1 Å². The van der Waals surface area contributed by atoms with Crippen molar-refractivity contribution in [2.75, 3.05) is 13.1 Å². The summed E-state index contributed by atoms with van der Waals surface area (Å²) in [5.74, 6) is -1.10. The summed E-state index contributed by atoms with van der Waals surface area (Å²) in [7, 11) is 0. The van der Waals surface area contributed by atoms with E-state index in [9.17, 15) is 9.90 Å². The van der Waals surface area contributed by atoms with Crippen LogP contribution in [0.15, 0.2) is 36.9 Å². The molecule has 1 aromatic rings. The van der Waals surface area contributed by atoms with E-state index in [1.165, 1.54) is 12.8 Å². The molecule has 0 bridgehead atoms. The molecule has 1 unspecified atom stereocenters. The van der Waals surface area contributed by atoms with Crippen LogP contribution in [0.25, 0.3) is 0 Å². The van der Waals surface area contributed by atoms with Crippen LogP contribution in [0.2, 0.25) is 0 Å². The molecule has 0 saturated heterocycles. The molecule has 0 saturated carbocycles. The maximum atomic E-state index is 11.4. The Morgan fingerprint density at radius 1 is 1.35 bits per heavy atom. The third kappa shape index (κ3) is 3.70. The van der Waals surface area contributed by atoms with Gasteiger partial charge in [-0.25, -0.2) is 0 Å². The number of allylic oxidation sites excluding steroid dienone is 1. The van der Waals surface area contributed by atoms with Crippen LogP contribution in [0.5, 0.6) is 0 Å². The maximum absolute atomic E-state index is 11.4. The highest BCUT2D eigenvalue weighted by atomic mass is 16.4. The minimum atomic E-state index is -0.714. The Morgan fingerprint density at radius 3 is 2.90 bits per heavy atom. The largest absolute Gasteiger partial charge is 0.481 e. The lowest BCUT2D eigenvalue weighted by Gasteiger charge is -2.32. The van der Waals surface area contributed by atoms with Gasteiger partial charge in [0, 0.05) is 13.1 Å². The van der Waals surface area contributed by atoms with Crippen molar-refractivity contribution in [1.82, 2.24) is 4.90 Å². The Labute approximate surface area is 120 Å². The van der Waals surface area contributed by atoms with E-state index >= 15 is 0 Å². The summed E-state index contributed by atoms with van der Waals surface area (Å²) in [6.07, 6.45) is 6.51. The van der Waals surface area contributed by atoms with Gasteiger partial charge in [0.1, 0.15) is 0 Å². The molecule has 0 radical (unpaired) electrons. The Kier molecular flexibility index (Phi) is 5.36. The van der Waals surface area contributed by atoms with Gasteiger partial charge in [-0.05, 0) is 36.9 Å². The molecule has 108 valence electrons. The first-order valence-electron chi connectivity index (χ1n) is 7.36. The van der Waals surface area contributed by atoms with Crippen molar-refractivity contribution in [3.05, 3.63) is 48.0 Å². The third-order valence-corrected chi connectivity index (χ3v) is 3.95. The number of carboxylic acid groups (broad SMARTS) is 1. The Bertz CT molecular complexity index is 470. The van der Waals surface area contributed by atoms with Crippen molar-refractivity contribution in [3.8, 4) is 0 Å². The van der Waals surface area contributed by atoms with Crippen LogP contribution < -0.4 is 0 Å². The van der Waals surface area contributed by atoms with Gasteiger partial charge in [-0.2, -0.15) is 0 Å². The highest BCUT2D eigenvalue weighted by Gasteiger charge is 2.29. The lowest BCUT2D eigenvalue weighted by molar-refractivity contribution is -0.139. The second kappa shape index (κ2) is 7.25. The molecule has 1 aliphatic rings.